The molecule has 1 aromatic rings. The molecule has 0 aliphatic carbocycles. The maximum atomic E-state index is 12.2. The third kappa shape index (κ3) is 2.92. The number of hydrogen-bond acceptors (Lipinski definition) is 4. The predicted octanol–water partition coefficient (Wildman–Crippen LogP) is 1.72. The number of ether oxygens (including phenoxy) is 1. The summed E-state index contributed by atoms with van der Waals surface area (Å²) < 4.78 is 5.26. The largest absolute Gasteiger partial charge is 0.452 e. The minimum atomic E-state index is -0.639. The molecule has 0 atom stereocenters. The number of nitrogens with two attached hydrogens (primary N) is 1. The van der Waals surface area contributed by atoms with Gasteiger partial charge in [0.1, 0.15) is 0 Å². The maximum Gasteiger partial charge on any atom is 0.428 e. The van der Waals surface area contributed by atoms with Crippen molar-refractivity contribution in [2.75, 3.05) is 26.9 Å². The number of methoxy groups -OCH3 is 1. The van der Waals surface area contributed by atoms with Gasteiger partial charge in [-0.05, 0) is 18.2 Å². The number of benzene rings is 1. The van der Waals surface area contributed by atoms with Crippen LogP contribution in [0.1, 0.15) is 10.4 Å². The fourth-order valence-corrected chi connectivity index (χ4v) is 1.64. The average Bonchev–Trinajstić information content (AvgIpc) is 2.38. The van der Waals surface area contributed by atoms with E-state index in [-0.39, 0.29) is 0 Å². The quantitative estimate of drug-likeness (QED) is 0.632. The van der Waals surface area contributed by atoms with Gasteiger partial charge in [0.25, 0.3) is 5.91 Å². The van der Waals surface area contributed by atoms with Crippen LogP contribution in [0.5, 0.6) is 0 Å². The van der Waals surface area contributed by atoms with Crippen LogP contribution in [0.3, 0.4) is 0 Å². The molecule has 98 valence electrons. The Bertz CT molecular complexity index is 479. The van der Waals surface area contributed by atoms with Crippen molar-refractivity contribution in [2.45, 2.75) is 0 Å². The van der Waals surface area contributed by atoms with Crippen molar-refractivity contribution in [1.82, 2.24) is 10.0 Å². The molecule has 0 aliphatic rings. The van der Waals surface area contributed by atoms with Crippen molar-refractivity contribution in [3.63, 3.8) is 0 Å². The van der Waals surface area contributed by atoms with Crippen LogP contribution in [0, 0.1) is 0 Å². The normalized spacial score (nSPS) is 9.78. The third-order valence-electron chi connectivity index (χ3n) is 2.43. The van der Waals surface area contributed by atoms with Crippen molar-refractivity contribution < 1.29 is 14.3 Å². The second-order valence-corrected chi connectivity index (χ2v) is 4.47. The van der Waals surface area contributed by atoms with Crippen LogP contribution < -0.4 is 5.73 Å². The molecular formula is C11H14BrN3O3. The number of hydrazine groups is 1. The Morgan fingerprint density at radius 2 is 1.89 bits per heavy atom. The van der Waals surface area contributed by atoms with E-state index < -0.39 is 12.0 Å². The molecule has 0 fully saturated rings. The average molecular weight is 316 g/mol. The number of nitrogen functional groups attached to an aromatic ring is 1. The van der Waals surface area contributed by atoms with Crippen LogP contribution in [-0.2, 0) is 4.74 Å². The van der Waals surface area contributed by atoms with Crippen LogP contribution in [0.15, 0.2) is 22.7 Å². The number of carbonyl (C=O) groups is 2. The van der Waals surface area contributed by atoms with Crippen molar-refractivity contribution in [3.8, 4) is 0 Å². The Labute approximate surface area is 113 Å². The Balaban J connectivity index is 3.00. The Kier molecular flexibility index (Phi) is 4.55. The number of halogens is 1. The lowest BCUT2D eigenvalue weighted by atomic mass is 10.1. The fraction of sp³-hybridized carbons (Fsp3) is 0.273. The topological polar surface area (TPSA) is 75.9 Å². The standard InChI is InChI=1S/C11H14BrN3O3/c1-14(15(2)11(17)18-3)10(16)8-6-7(12)4-5-9(8)13/h4-6H,13H2,1-3H3. The van der Waals surface area contributed by atoms with E-state index in [0.29, 0.717) is 11.3 Å². The highest BCUT2D eigenvalue weighted by atomic mass is 79.9. The molecule has 1 rings (SSSR count). The highest BCUT2D eigenvalue weighted by molar-refractivity contribution is 9.10. The molecule has 0 heterocycles. The van der Waals surface area contributed by atoms with Crippen molar-refractivity contribution in [3.05, 3.63) is 28.2 Å². The van der Waals surface area contributed by atoms with Gasteiger partial charge in [0.2, 0.25) is 0 Å². The minimum Gasteiger partial charge on any atom is -0.452 e. The van der Waals surface area contributed by atoms with Gasteiger partial charge in [0, 0.05) is 24.3 Å². The van der Waals surface area contributed by atoms with E-state index in [0.717, 1.165) is 14.5 Å². The first-order chi connectivity index (χ1) is 8.38. The molecule has 6 nitrogen and oxygen atoms in total. The summed E-state index contributed by atoms with van der Waals surface area (Å²) in [7, 11) is 4.13. The van der Waals surface area contributed by atoms with Crippen LogP contribution in [0.4, 0.5) is 10.5 Å². The monoisotopic (exact) mass is 315 g/mol. The van der Waals surface area contributed by atoms with Gasteiger partial charge in [-0.15, -0.1) is 0 Å². The molecular weight excluding hydrogens is 302 g/mol. The molecule has 0 radical (unpaired) electrons. The van der Waals surface area contributed by atoms with Gasteiger partial charge in [-0.1, -0.05) is 15.9 Å². The predicted molar refractivity (Wildman–Crippen MR) is 70.8 cm³/mol. The Morgan fingerprint density at radius 3 is 2.44 bits per heavy atom. The molecule has 0 aliphatic heterocycles. The van der Waals surface area contributed by atoms with E-state index in [1.54, 1.807) is 18.2 Å². The molecule has 0 bridgehead atoms. The molecule has 7 heteroatoms. The van der Waals surface area contributed by atoms with Gasteiger partial charge in [0.15, 0.2) is 0 Å². The smallest absolute Gasteiger partial charge is 0.428 e. The van der Waals surface area contributed by atoms with E-state index in [2.05, 4.69) is 20.7 Å². The van der Waals surface area contributed by atoms with E-state index in [4.69, 9.17) is 5.73 Å². The van der Waals surface area contributed by atoms with Gasteiger partial charge in [-0.25, -0.2) is 14.8 Å². The second kappa shape index (κ2) is 5.72. The molecule has 0 saturated heterocycles. The Morgan fingerprint density at radius 1 is 1.28 bits per heavy atom. The van der Waals surface area contributed by atoms with E-state index in [9.17, 15) is 9.59 Å². The molecule has 0 unspecified atom stereocenters. The summed E-state index contributed by atoms with van der Waals surface area (Å²) in [4.78, 5) is 23.5. The van der Waals surface area contributed by atoms with E-state index in [1.807, 2.05) is 0 Å². The number of amides is 2. The molecule has 1 aromatic carbocycles. The zero-order valence-electron chi connectivity index (χ0n) is 10.3. The first kappa shape index (κ1) is 14.3. The zero-order chi connectivity index (χ0) is 13.9. The SMILES string of the molecule is COC(=O)N(C)N(C)C(=O)c1cc(Br)ccc1N. The van der Waals surface area contributed by atoms with Gasteiger partial charge < -0.3 is 10.5 Å². The molecule has 18 heavy (non-hydrogen) atoms. The lowest BCUT2D eigenvalue weighted by Crippen LogP contribution is -2.44. The molecule has 0 saturated carbocycles. The summed E-state index contributed by atoms with van der Waals surface area (Å²) in [5, 5.41) is 2.19. The minimum absolute atomic E-state index is 0.308. The van der Waals surface area contributed by atoms with Gasteiger partial charge >= 0.3 is 6.09 Å². The highest BCUT2D eigenvalue weighted by Gasteiger charge is 2.22. The molecule has 2 N–H and O–H groups in total. The molecule has 0 spiro atoms. The molecule has 0 aromatic heterocycles. The summed E-state index contributed by atoms with van der Waals surface area (Å²) in [5.41, 5.74) is 6.38. The van der Waals surface area contributed by atoms with Crippen LogP contribution in [-0.4, -0.2) is 43.2 Å². The first-order valence-electron chi connectivity index (χ1n) is 5.03. The number of rotatable bonds is 1. The zero-order valence-corrected chi connectivity index (χ0v) is 11.9. The van der Waals surface area contributed by atoms with Crippen LogP contribution >= 0.6 is 15.9 Å². The van der Waals surface area contributed by atoms with Crippen LogP contribution in [0.25, 0.3) is 0 Å². The summed E-state index contributed by atoms with van der Waals surface area (Å²) in [6, 6.07) is 4.94. The van der Waals surface area contributed by atoms with E-state index in [1.165, 1.54) is 21.2 Å². The Hall–Kier alpha value is -1.76. The summed E-state index contributed by atoms with van der Waals surface area (Å²) >= 11 is 3.26. The fourth-order valence-electron chi connectivity index (χ4n) is 1.28. The summed E-state index contributed by atoms with van der Waals surface area (Å²) in [5.74, 6) is -0.401. The number of carbonyl (C=O) groups excluding carboxylic acids is 2. The van der Waals surface area contributed by atoms with Crippen molar-refractivity contribution in [1.29, 1.82) is 0 Å². The number of anilines is 1. The van der Waals surface area contributed by atoms with Gasteiger partial charge in [0.05, 0.1) is 12.7 Å². The number of hydrogen-bond donors (Lipinski definition) is 1. The second-order valence-electron chi connectivity index (χ2n) is 3.55. The third-order valence-corrected chi connectivity index (χ3v) is 2.92. The van der Waals surface area contributed by atoms with Crippen molar-refractivity contribution >= 4 is 33.6 Å². The summed E-state index contributed by atoms with van der Waals surface area (Å²) in [6.07, 6.45) is -0.639. The maximum absolute atomic E-state index is 12.2. The highest BCUT2D eigenvalue weighted by Crippen LogP contribution is 2.20. The lowest BCUT2D eigenvalue weighted by molar-refractivity contribution is 0.0193. The summed E-state index contributed by atoms with van der Waals surface area (Å²) in [6.45, 7) is 0. The van der Waals surface area contributed by atoms with Gasteiger partial charge in [-0.3, -0.25) is 4.79 Å². The van der Waals surface area contributed by atoms with Crippen LogP contribution in [0.2, 0.25) is 0 Å². The van der Waals surface area contributed by atoms with E-state index >= 15 is 0 Å². The van der Waals surface area contributed by atoms with Gasteiger partial charge in [-0.2, -0.15) is 0 Å². The number of nitrogens with zero attached hydrogens (tertiary/aromatic N) is 2. The first-order valence-corrected chi connectivity index (χ1v) is 5.82. The molecule has 2 amide bonds. The lowest BCUT2D eigenvalue weighted by Gasteiger charge is -2.27. The van der Waals surface area contributed by atoms with Crippen molar-refractivity contribution in [2.24, 2.45) is 0 Å².